The van der Waals surface area contributed by atoms with E-state index in [0.29, 0.717) is 17.7 Å². The summed E-state index contributed by atoms with van der Waals surface area (Å²) >= 11 is 0. The van der Waals surface area contributed by atoms with E-state index in [2.05, 4.69) is 39.3 Å². The molecule has 2 aliphatic rings. The third kappa shape index (κ3) is 4.52. The largest absolute Gasteiger partial charge is 0.364 e. The predicted molar refractivity (Wildman–Crippen MR) is 115 cm³/mol. The van der Waals surface area contributed by atoms with Crippen LogP contribution in [0.25, 0.3) is 11.2 Å². The first-order valence-electron chi connectivity index (χ1n) is 10.9. The molecule has 0 aromatic carbocycles. The minimum atomic E-state index is 0.445. The van der Waals surface area contributed by atoms with Gasteiger partial charge in [-0.25, -0.2) is 15.0 Å². The minimum absolute atomic E-state index is 0.445. The lowest BCUT2D eigenvalue weighted by atomic mass is 10.0. The first-order chi connectivity index (χ1) is 13.7. The number of piperidine rings is 2. The second kappa shape index (κ2) is 9.01. The molecule has 0 radical (unpaired) electrons. The summed E-state index contributed by atoms with van der Waals surface area (Å²) in [5, 5.41) is 7.38. The van der Waals surface area contributed by atoms with Crippen LogP contribution in [0.15, 0.2) is 18.3 Å². The lowest BCUT2D eigenvalue weighted by Crippen LogP contribution is -2.40. The monoisotopic (exact) mass is 383 g/mol. The van der Waals surface area contributed by atoms with Crippen LogP contribution in [0.3, 0.4) is 0 Å². The molecular weight excluding hydrogens is 350 g/mol. The normalized spacial score (nSPS) is 20.5. The van der Waals surface area contributed by atoms with Crippen LogP contribution < -0.4 is 10.6 Å². The van der Waals surface area contributed by atoms with Crippen LogP contribution in [0.2, 0.25) is 0 Å². The Kier molecular flexibility index (Phi) is 6.22. The zero-order valence-electron chi connectivity index (χ0n) is 17.2. The maximum atomic E-state index is 4.88. The molecule has 2 fully saturated rings. The van der Waals surface area contributed by atoms with Gasteiger partial charge >= 0.3 is 0 Å². The first-order valence-corrected chi connectivity index (χ1v) is 10.9. The molecule has 0 spiro atoms. The Balaban J connectivity index is 1.51. The Morgan fingerprint density at radius 3 is 1.93 bits per heavy atom. The third-order valence-electron chi connectivity index (χ3n) is 6.19. The van der Waals surface area contributed by atoms with Gasteiger partial charge in [0.05, 0.1) is 0 Å². The van der Waals surface area contributed by atoms with E-state index in [1.54, 1.807) is 6.20 Å². The highest BCUT2D eigenvalue weighted by atomic mass is 15.2. The van der Waals surface area contributed by atoms with Crippen molar-refractivity contribution in [3.8, 4) is 0 Å². The second-order valence-corrected chi connectivity index (χ2v) is 7.97. The molecule has 2 N–H and O–H groups in total. The first kappa shape index (κ1) is 19.3. The number of aromatic nitrogens is 3. The fourth-order valence-electron chi connectivity index (χ4n) is 4.27. The van der Waals surface area contributed by atoms with Crippen LogP contribution in [0.4, 0.5) is 11.6 Å². The van der Waals surface area contributed by atoms with Gasteiger partial charge in [0, 0.05) is 44.5 Å². The summed E-state index contributed by atoms with van der Waals surface area (Å²) in [6.07, 6.45) is 6.37. The van der Waals surface area contributed by atoms with E-state index in [1.165, 1.54) is 0 Å². The molecule has 0 saturated carbocycles. The molecule has 2 aliphatic heterocycles. The van der Waals surface area contributed by atoms with E-state index in [9.17, 15) is 0 Å². The molecule has 0 amide bonds. The molecule has 152 valence electrons. The van der Waals surface area contributed by atoms with Crippen molar-refractivity contribution >= 4 is 22.8 Å². The Hall–Kier alpha value is -1.99. The number of anilines is 2. The molecule has 0 unspecified atom stereocenters. The lowest BCUT2D eigenvalue weighted by Gasteiger charge is -2.33. The summed E-state index contributed by atoms with van der Waals surface area (Å²) < 4.78 is 0. The number of pyridine rings is 1. The summed E-state index contributed by atoms with van der Waals surface area (Å²) in [6.45, 7) is 11.3. The van der Waals surface area contributed by atoms with Gasteiger partial charge < -0.3 is 20.4 Å². The van der Waals surface area contributed by atoms with Gasteiger partial charge in [-0.15, -0.1) is 0 Å². The van der Waals surface area contributed by atoms with E-state index in [0.717, 1.165) is 82.1 Å². The molecule has 2 saturated heterocycles. The Labute approximate surface area is 167 Å². The number of hydrogen-bond donors (Lipinski definition) is 2. The van der Waals surface area contributed by atoms with Gasteiger partial charge in [0.1, 0.15) is 5.52 Å². The van der Waals surface area contributed by atoms with Crippen molar-refractivity contribution in [1.82, 2.24) is 24.8 Å². The predicted octanol–water partition coefficient (Wildman–Crippen LogP) is 2.82. The maximum Gasteiger partial charge on any atom is 0.180 e. The van der Waals surface area contributed by atoms with E-state index in [1.807, 2.05) is 12.1 Å². The van der Waals surface area contributed by atoms with Crippen LogP contribution >= 0.6 is 0 Å². The molecule has 28 heavy (non-hydrogen) atoms. The summed E-state index contributed by atoms with van der Waals surface area (Å²) in [5.74, 6) is 1.74. The van der Waals surface area contributed by atoms with Crippen molar-refractivity contribution in [3.05, 3.63) is 18.3 Å². The highest BCUT2D eigenvalue weighted by molar-refractivity contribution is 5.77. The van der Waals surface area contributed by atoms with E-state index in [4.69, 9.17) is 9.97 Å². The lowest BCUT2D eigenvalue weighted by molar-refractivity contribution is 0.228. The second-order valence-electron chi connectivity index (χ2n) is 7.97. The molecule has 0 bridgehead atoms. The van der Waals surface area contributed by atoms with Gasteiger partial charge in [0.25, 0.3) is 0 Å². The number of hydrogen-bond acceptors (Lipinski definition) is 7. The van der Waals surface area contributed by atoms with Gasteiger partial charge in [0.2, 0.25) is 0 Å². The zero-order valence-corrected chi connectivity index (χ0v) is 17.2. The van der Waals surface area contributed by atoms with Gasteiger partial charge in [-0.05, 0) is 50.9 Å². The fourth-order valence-corrected chi connectivity index (χ4v) is 4.27. The smallest absolute Gasteiger partial charge is 0.180 e. The molecule has 0 aliphatic carbocycles. The van der Waals surface area contributed by atoms with Gasteiger partial charge in [-0.2, -0.15) is 0 Å². The maximum absolute atomic E-state index is 4.88. The summed E-state index contributed by atoms with van der Waals surface area (Å²) in [5.41, 5.74) is 1.56. The van der Waals surface area contributed by atoms with Gasteiger partial charge in [-0.1, -0.05) is 13.8 Å². The van der Waals surface area contributed by atoms with E-state index in [-0.39, 0.29) is 0 Å². The highest BCUT2D eigenvalue weighted by Gasteiger charge is 2.23. The standard InChI is InChI=1S/C21H33N7/c1-3-27-12-7-16(8-13-27)23-20-21(24-17-9-14-28(4-2)15-10-17)26-19-18(25-20)6-5-11-22-19/h5-6,11,16-17H,3-4,7-10,12-15H2,1-2H3,(H,23,25)(H,22,24,26). The molecule has 7 nitrogen and oxygen atoms in total. The van der Waals surface area contributed by atoms with Crippen molar-refractivity contribution in [2.75, 3.05) is 49.9 Å². The number of fused-ring (bicyclic) bond motifs is 1. The third-order valence-corrected chi connectivity index (χ3v) is 6.19. The fraction of sp³-hybridized carbons (Fsp3) is 0.667. The topological polar surface area (TPSA) is 69.2 Å². The average molecular weight is 384 g/mol. The summed E-state index contributed by atoms with van der Waals surface area (Å²) in [7, 11) is 0. The van der Waals surface area contributed by atoms with Gasteiger partial charge in [-0.3, -0.25) is 0 Å². The highest BCUT2D eigenvalue weighted by Crippen LogP contribution is 2.26. The molecule has 2 aromatic heterocycles. The minimum Gasteiger partial charge on any atom is -0.364 e. The average Bonchev–Trinajstić information content (AvgIpc) is 2.75. The van der Waals surface area contributed by atoms with Crippen LogP contribution in [0.5, 0.6) is 0 Å². The molecule has 7 heteroatoms. The summed E-state index contributed by atoms with van der Waals surface area (Å²) in [4.78, 5) is 19.1. The van der Waals surface area contributed by atoms with E-state index >= 15 is 0 Å². The number of rotatable bonds is 6. The number of nitrogens with one attached hydrogen (secondary N) is 2. The molecular formula is C21H33N7. The zero-order chi connectivity index (χ0) is 19.3. The van der Waals surface area contributed by atoms with Crippen molar-refractivity contribution < 1.29 is 0 Å². The number of nitrogens with zero attached hydrogens (tertiary/aromatic N) is 5. The van der Waals surface area contributed by atoms with Crippen LogP contribution in [-0.4, -0.2) is 76.1 Å². The van der Waals surface area contributed by atoms with Crippen LogP contribution in [0.1, 0.15) is 39.5 Å². The summed E-state index contributed by atoms with van der Waals surface area (Å²) in [6, 6.07) is 4.81. The molecule has 2 aromatic rings. The molecule has 0 atom stereocenters. The van der Waals surface area contributed by atoms with Crippen LogP contribution in [-0.2, 0) is 0 Å². The molecule has 4 heterocycles. The van der Waals surface area contributed by atoms with Gasteiger partial charge in [0.15, 0.2) is 17.3 Å². The van der Waals surface area contributed by atoms with Crippen molar-refractivity contribution in [2.45, 2.75) is 51.6 Å². The molecule has 4 rings (SSSR count). The quantitative estimate of drug-likeness (QED) is 0.795. The van der Waals surface area contributed by atoms with Crippen LogP contribution in [0, 0.1) is 0 Å². The van der Waals surface area contributed by atoms with Crippen molar-refractivity contribution in [2.24, 2.45) is 0 Å². The van der Waals surface area contributed by atoms with E-state index < -0.39 is 0 Å². The number of likely N-dealkylation sites (tertiary alicyclic amines) is 2. The Morgan fingerprint density at radius 1 is 0.857 bits per heavy atom. The van der Waals surface area contributed by atoms with Crippen molar-refractivity contribution in [3.63, 3.8) is 0 Å². The SMILES string of the molecule is CCN1CCC(Nc2nc3cccnc3nc2NC2CCN(CC)CC2)CC1. The Morgan fingerprint density at radius 2 is 1.39 bits per heavy atom. The van der Waals surface area contributed by atoms with Crippen molar-refractivity contribution in [1.29, 1.82) is 0 Å². The Bertz CT molecular complexity index is 700.